The van der Waals surface area contributed by atoms with Crippen molar-refractivity contribution in [1.82, 2.24) is 4.90 Å². The molecule has 1 heterocycles. The molecule has 0 aliphatic carbocycles. The van der Waals surface area contributed by atoms with E-state index in [0.717, 1.165) is 37.4 Å². The zero-order chi connectivity index (χ0) is 16.9. The number of para-hydroxylation sites is 2. The Hall–Kier alpha value is -2.33. The van der Waals surface area contributed by atoms with Gasteiger partial charge in [0.15, 0.2) is 0 Å². The zero-order valence-electron chi connectivity index (χ0n) is 14.4. The number of anilines is 2. The van der Waals surface area contributed by atoms with Crippen molar-refractivity contribution in [1.29, 1.82) is 0 Å². The lowest BCUT2D eigenvalue weighted by molar-refractivity contribution is -0.120. The molecule has 3 rings (SSSR count). The van der Waals surface area contributed by atoms with Gasteiger partial charge in [-0.25, -0.2) is 0 Å². The van der Waals surface area contributed by atoms with Gasteiger partial charge in [0.05, 0.1) is 6.04 Å². The highest BCUT2D eigenvalue weighted by atomic mass is 16.2. The van der Waals surface area contributed by atoms with Gasteiger partial charge in [-0.1, -0.05) is 36.4 Å². The summed E-state index contributed by atoms with van der Waals surface area (Å²) in [5.41, 5.74) is 3.25. The SMILES string of the molecule is Cc1ccccc1NC(=O)[C@@H](C)N1CCN(c2ccccc2)CC1. The molecule has 1 fully saturated rings. The molecule has 4 nitrogen and oxygen atoms in total. The second kappa shape index (κ2) is 7.49. The molecular formula is C20H25N3O. The van der Waals surface area contributed by atoms with E-state index in [1.807, 2.05) is 44.2 Å². The number of piperazine rings is 1. The van der Waals surface area contributed by atoms with Crippen LogP contribution in [0.2, 0.25) is 0 Å². The van der Waals surface area contributed by atoms with Crippen LogP contribution in [-0.2, 0) is 4.79 Å². The highest BCUT2D eigenvalue weighted by molar-refractivity contribution is 5.95. The summed E-state index contributed by atoms with van der Waals surface area (Å²) in [5, 5.41) is 3.06. The minimum atomic E-state index is -0.123. The Morgan fingerprint density at radius 2 is 1.58 bits per heavy atom. The number of nitrogens with one attached hydrogen (secondary N) is 1. The first kappa shape index (κ1) is 16.5. The molecule has 1 amide bonds. The van der Waals surface area contributed by atoms with Crippen molar-refractivity contribution in [3.05, 3.63) is 60.2 Å². The summed E-state index contributed by atoms with van der Waals surface area (Å²) in [6, 6.07) is 18.2. The highest BCUT2D eigenvalue weighted by Gasteiger charge is 2.25. The average Bonchev–Trinajstić information content (AvgIpc) is 2.64. The molecule has 1 N–H and O–H groups in total. The first-order valence-electron chi connectivity index (χ1n) is 8.55. The average molecular weight is 323 g/mol. The molecule has 0 unspecified atom stereocenters. The molecule has 2 aromatic carbocycles. The maximum absolute atomic E-state index is 12.5. The Morgan fingerprint density at radius 3 is 2.25 bits per heavy atom. The van der Waals surface area contributed by atoms with E-state index in [2.05, 4.69) is 39.4 Å². The van der Waals surface area contributed by atoms with Gasteiger partial charge in [-0.15, -0.1) is 0 Å². The molecule has 1 aliphatic rings. The van der Waals surface area contributed by atoms with Gasteiger partial charge in [0.25, 0.3) is 0 Å². The monoisotopic (exact) mass is 323 g/mol. The number of hydrogen-bond acceptors (Lipinski definition) is 3. The Labute approximate surface area is 144 Å². The van der Waals surface area contributed by atoms with Crippen LogP contribution in [0, 0.1) is 6.92 Å². The van der Waals surface area contributed by atoms with Crippen LogP contribution in [-0.4, -0.2) is 43.0 Å². The summed E-state index contributed by atoms with van der Waals surface area (Å²) >= 11 is 0. The van der Waals surface area contributed by atoms with Gasteiger partial charge in [-0.2, -0.15) is 0 Å². The number of nitrogens with zero attached hydrogens (tertiary/aromatic N) is 2. The van der Waals surface area contributed by atoms with E-state index in [4.69, 9.17) is 0 Å². The molecule has 1 aliphatic heterocycles. The first-order chi connectivity index (χ1) is 11.6. The van der Waals surface area contributed by atoms with Crippen LogP contribution in [0.5, 0.6) is 0 Å². The van der Waals surface area contributed by atoms with E-state index in [-0.39, 0.29) is 11.9 Å². The summed E-state index contributed by atoms with van der Waals surface area (Å²) in [6.45, 7) is 7.71. The molecular weight excluding hydrogens is 298 g/mol. The van der Waals surface area contributed by atoms with E-state index in [1.54, 1.807) is 0 Å². The molecule has 1 saturated heterocycles. The number of rotatable bonds is 4. The van der Waals surface area contributed by atoms with Crippen LogP contribution < -0.4 is 10.2 Å². The predicted octanol–water partition coefficient (Wildman–Crippen LogP) is 3.14. The lowest BCUT2D eigenvalue weighted by atomic mass is 10.1. The number of carbonyl (C=O) groups is 1. The van der Waals surface area contributed by atoms with Gasteiger partial charge in [0.2, 0.25) is 5.91 Å². The molecule has 0 saturated carbocycles. The maximum Gasteiger partial charge on any atom is 0.241 e. The number of carbonyl (C=O) groups excluding carboxylic acids is 1. The summed E-state index contributed by atoms with van der Waals surface area (Å²) in [5.74, 6) is 0.0671. The van der Waals surface area contributed by atoms with Crippen molar-refractivity contribution >= 4 is 17.3 Å². The molecule has 4 heteroatoms. The van der Waals surface area contributed by atoms with Crippen LogP contribution in [0.25, 0.3) is 0 Å². The Balaban J connectivity index is 1.56. The molecule has 24 heavy (non-hydrogen) atoms. The fourth-order valence-corrected chi connectivity index (χ4v) is 3.12. The Kier molecular flexibility index (Phi) is 5.16. The van der Waals surface area contributed by atoms with Crippen LogP contribution in [0.4, 0.5) is 11.4 Å². The highest BCUT2D eigenvalue weighted by Crippen LogP contribution is 2.18. The lowest BCUT2D eigenvalue weighted by Crippen LogP contribution is -2.52. The second-order valence-electron chi connectivity index (χ2n) is 6.34. The lowest BCUT2D eigenvalue weighted by Gasteiger charge is -2.38. The molecule has 126 valence electrons. The fourth-order valence-electron chi connectivity index (χ4n) is 3.12. The second-order valence-corrected chi connectivity index (χ2v) is 6.34. The van der Waals surface area contributed by atoms with Crippen LogP contribution in [0.1, 0.15) is 12.5 Å². The number of hydrogen-bond donors (Lipinski definition) is 1. The number of amides is 1. The summed E-state index contributed by atoms with van der Waals surface area (Å²) in [6.07, 6.45) is 0. The molecule has 0 aromatic heterocycles. The summed E-state index contributed by atoms with van der Waals surface area (Å²) in [4.78, 5) is 17.2. The molecule has 0 spiro atoms. The third kappa shape index (κ3) is 3.77. The largest absolute Gasteiger partial charge is 0.369 e. The van der Waals surface area contributed by atoms with Gasteiger partial charge < -0.3 is 10.2 Å². The zero-order valence-corrected chi connectivity index (χ0v) is 14.4. The Bertz CT molecular complexity index is 678. The minimum absolute atomic E-state index is 0.0671. The van der Waals surface area contributed by atoms with E-state index in [1.165, 1.54) is 5.69 Å². The molecule has 1 atom stereocenters. The molecule has 0 bridgehead atoms. The van der Waals surface area contributed by atoms with Crippen LogP contribution in [0.3, 0.4) is 0 Å². The van der Waals surface area contributed by atoms with E-state index >= 15 is 0 Å². The van der Waals surface area contributed by atoms with Crippen molar-refractivity contribution < 1.29 is 4.79 Å². The van der Waals surface area contributed by atoms with Crippen molar-refractivity contribution in [3.63, 3.8) is 0 Å². The van der Waals surface area contributed by atoms with E-state index in [9.17, 15) is 4.79 Å². The van der Waals surface area contributed by atoms with Crippen molar-refractivity contribution in [2.75, 3.05) is 36.4 Å². The van der Waals surface area contributed by atoms with Crippen LogP contribution in [0.15, 0.2) is 54.6 Å². The fraction of sp³-hybridized carbons (Fsp3) is 0.350. The topological polar surface area (TPSA) is 35.6 Å². The third-order valence-corrected chi connectivity index (χ3v) is 4.77. The normalized spacial score (nSPS) is 16.7. The number of aryl methyl sites for hydroxylation is 1. The summed E-state index contributed by atoms with van der Waals surface area (Å²) < 4.78 is 0. The van der Waals surface area contributed by atoms with Gasteiger partial charge in [-0.05, 0) is 37.6 Å². The minimum Gasteiger partial charge on any atom is -0.369 e. The van der Waals surface area contributed by atoms with Crippen LogP contribution >= 0.6 is 0 Å². The standard InChI is InChI=1S/C20H25N3O/c1-16-8-6-7-11-19(16)21-20(24)17(2)22-12-14-23(15-13-22)18-9-4-3-5-10-18/h3-11,17H,12-15H2,1-2H3,(H,21,24)/t17-/m1/s1. The van der Waals surface area contributed by atoms with E-state index in [0.29, 0.717) is 0 Å². The predicted molar refractivity (Wildman–Crippen MR) is 99.5 cm³/mol. The first-order valence-corrected chi connectivity index (χ1v) is 8.55. The number of benzene rings is 2. The van der Waals surface area contributed by atoms with Crippen molar-refractivity contribution in [2.24, 2.45) is 0 Å². The van der Waals surface area contributed by atoms with Gasteiger partial charge >= 0.3 is 0 Å². The molecule has 2 aromatic rings. The maximum atomic E-state index is 12.5. The summed E-state index contributed by atoms with van der Waals surface area (Å²) in [7, 11) is 0. The van der Waals surface area contributed by atoms with Crippen molar-refractivity contribution in [2.45, 2.75) is 19.9 Å². The van der Waals surface area contributed by atoms with Gasteiger partial charge in [0, 0.05) is 37.6 Å². The van der Waals surface area contributed by atoms with Gasteiger partial charge in [0.1, 0.15) is 0 Å². The Morgan fingerprint density at radius 1 is 0.958 bits per heavy atom. The van der Waals surface area contributed by atoms with Gasteiger partial charge in [-0.3, -0.25) is 9.69 Å². The molecule has 0 radical (unpaired) electrons. The van der Waals surface area contributed by atoms with Crippen molar-refractivity contribution in [3.8, 4) is 0 Å². The van der Waals surface area contributed by atoms with E-state index < -0.39 is 0 Å². The third-order valence-electron chi connectivity index (χ3n) is 4.77. The smallest absolute Gasteiger partial charge is 0.241 e. The quantitative estimate of drug-likeness (QED) is 0.939.